The molecule has 1 saturated heterocycles. The number of hydrogen-bond acceptors (Lipinski definition) is 2. The highest BCUT2D eigenvalue weighted by Crippen LogP contribution is 2.20. The second-order valence-corrected chi connectivity index (χ2v) is 5.96. The zero-order valence-electron chi connectivity index (χ0n) is 12.9. The van der Waals surface area contributed by atoms with Crippen molar-refractivity contribution >= 4 is 0 Å². The third kappa shape index (κ3) is 6.19. The number of rotatable bonds is 9. The molecule has 2 unspecified atom stereocenters. The third-order valence-corrected chi connectivity index (χ3v) is 4.35. The molecule has 0 amide bonds. The van der Waals surface area contributed by atoms with Crippen LogP contribution in [0.3, 0.4) is 0 Å². The van der Waals surface area contributed by atoms with Crippen molar-refractivity contribution in [2.24, 2.45) is 5.92 Å². The SMILES string of the molecule is CCCCCCCN1CCCC(C(C)NCC)C1. The van der Waals surface area contributed by atoms with Gasteiger partial charge in [0.25, 0.3) is 0 Å². The van der Waals surface area contributed by atoms with Crippen molar-refractivity contribution in [3.05, 3.63) is 0 Å². The molecule has 2 nitrogen and oxygen atoms in total. The summed E-state index contributed by atoms with van der Waals surface area (Å²) in [5, 5.41) is 3.59. The largest absolute Gasteiger partial charge is 0.314 e. The van der Waals surface area contributed by atoms with Crippen molar-refractivity contribution in [1.29, 1.82) is 0 Å². The minimum Gasteiger partial charge on any atom is -0.314 e. The van der Waals surface area contributed by atoms with E-state index in [1.807, 2.05) is 0 Å². The first-order valence-corrected chi connectivity index (χ1v) is 8.23. The van der Waals surface area contributed by atoms with Crippen LogP contribution in [0.15, 0.2) is 0 Å². The van der Waals surface area contributed by atoms with Gasteiger partial charge in [-0.25, -0.2) is 0 Å². The number of likely N-dealkylation sites (tertiary alicyclic amines) is 1. The Morgan fingerprint density at radius 2 is 1.94 bits per heavy atom. The van der Waals surface area contributed by atoms with E-state index in [1.165, 1.54) is 64.6 Å². The minimum absolute atomic E-state index is 0.692. The van der Waals surface area contributed by atoms with Gasteiger partial charge in [0.15, 0.2) is 0 Å². The second kappa shape index (κ2) is 9.80. The molecular weight excluding hydrogens is 220 g/mol. The topological polar surface area (TPSA) is 15.3 Å². The molecule has 1 N–H and O–H groups in total. The van der Waals surface area contributed by atoms with Crippen molar-refractivity contribution in [3.8, 4) is 0 Å². The lowest BCUT2D eigenvalue weighted by molar-refractivity contribution is 0.149. The van der Waals surface area contributed by atoms with Crippen LogP contribution in [-0.4, -0.2) is 37.1 Å². The summed E-state index contributed by atoms with van der Waals surface area (Å²) in [6.07, 6.45) is 9.85. The molecule has 108 valence electrons. The maximum Gasteiger partial charge on any atom is 0.00791 e. The Morgan fingerprint density at radius 1 is 1.17 bits per heavy atom. The van der Waals surface area contributed by atoms with Crippen molar-refractivity contribution in [2.75, 3.05) is 26.2 Å². The highest BCUT2D eigenvalue weighted by atomic mass is 15.1. The summed E-state index contributed by atoms with van der Waals surface area (Å²) in [6.45, 7) is 12.0. The Balaban J connectivity index is 2.14. The Kier molecular flexibility index (Phi) is 8.70. The first kappa shape index (κ1) is 16.0. The van der Waals surface area contributed by atoms with Gasteiger partial charge in [-0.3, -0.25) is 0 Å². The predicted molar refractivity (Wildman–Crippen MR) is 81.1 cm³/mol. The molecule has 1 aliphatic heterocycles. The smallest absolute Gasteiger partial charge is 0.00791 e. The van der Waals surface area contributed by atoms with Crippen molar-refractivity contribution in [3.63, 3.8) is 0 Å². The molecular formula is C16H34N2. The number of nitrogens with zero attached hydrogens (tertiary/aromatic N) is 1. The molecule has 2 atom stereocenters. The van der Waals surface area contributed by atoms with E-state index >= 15 is 0 Å². The molecule has 1 fully saturated rings. The Hall–Kier alpha value is -0.0800. The molecule has 0 aromatic rings. The average molecular weight is 254 g/mol. The summed E-state index contributed by atoms with van der Waals surface area (Å²) in [6, 6.07) is 0.692. The van der Waals surface area contributed by atoms with Crippen LogP contribution in [0, 0.1) is 5.92 Å². The standard InChI is InChI=1S/C16H34N2/c1-4-6-7-8-9-12-18-13-10-11-16(14-18)15(3)17-5-2/h15-17H,4-14H2,1-3H3. The van der Waals surface area contributed by atoms with Gasteiger partial charge in [0.2, 0.25) is 0 Å². The van der Waals surface area contributed by atoms with Gasteiger partial charge in [0, 0.05) is 12.6 Å². The average Bonchev–Trinajstić information content (AvgIpc) is 2.39. The fourth-order valence-electron chi connectivity index (χ4n) is 3.13. The van der Waals surface area contributed by atoms with E-state index in [0.29, 0.717) is 6.04 Å². The molecule has 0 saturated carbocycles. The Morgan fingerprint density at radius 3 is 2.67 bits per heavy atom. The lowest BCUT2D eigenvalue weighted by atomic mass is 9.91. The number of piperidine rings is 1. The summed E-state index contributed by atoms with van der Waals surface area (Å²) < 4.78 is 0. The molecule has 0 aromatic carbocycles. The third-order valence-electron chi connectivity index (χ3n) is 4.35. The van der Waals surface area contributed by atoms with Crippen molar-refractivity contribution in [2.45, 2.75) is 71.8 Å². The van der Waals surface area contributed by atoms with Crippen LogP contribution < -0.4 is 5.32 Å². The van der Waals surface area contributed by atoms with E-state index in [1.54, 1.807) is 0 Å². The normalized spacial score (nSPS) is 23.2. The maximum atomic E-state index is 3.59. The fourth-order valence-corrected chi connectivity index (χ4v) is 3.13. The monoisotopic (exact) mass is 254 g/mol. The predicted octanol–water partition coefficient (Wildman–Crippen LogP) is 3.67. The highest BCUT2D eigenvalue weighted by molar-refractivity contribution is 4.80. The molecule has 2 heteroatoms. The number of unbranched alkanes of at least 4 members (excludes halogenated alkanes) is 4. The van der Waals surface area contributed by atoms with Crippen LogP contribution in [0.5, 0.6) is 0 Å². The number of hydrogen-bond donors (Lipinski definition) is 1. The summed E-state index contributed by atoms with van der Waals surface area (Å²) in [7, 11) is 0. The lowest BCUT2D eigenvalue weighted by Gasteiger charge is -2.36. The van der Waals surface area contributed by atoms with Crippen LogP contribution in [0.1, 0.15) is 65.7 Å². The molecule has 0 aromatic heterocycles. The van der Waals surface area contributed by atoms with Crippen molar-refractivity contribution < 1.29 is 0 Å². The second-order valence-electron chi connectivity index (χ2n) is 5.96. The van der Waals surface area contributed by atoms with E-state index in [2.05, 4.69) is 31.0 Å². The quantitative estimate of drug-likeness (QED) is 0.632. The van der Waals surface area contributed by atoms with Crippen LogP contribution >= 0.6 is 0 Å². The van der Waals surface area contributed by atoms with Gasteiger partial charge >= 0.3 is 0 Å². The summed E-state index contributed by atoms with van der Waals surface area (Å²) >= 11 is 0. The van der Waals surface area contributed by atoms with Crippen LogP contribution in [-0.2, 0) is 0 Å². The van der Waals surface area contributed by atoms with Crippen LogP contribution in [0.4, 0.5) is 0 Å². The summed E-state index contributed by atoms with van der Waals surface area (Å²) in [5.41, 5.74) is 0. The lowest BCUT2D eigenvalue weighted by Crippen LogP contribution is -2.44. The molecule has 1 aliphatic rings. The van der Waals surface area contributed by atoms with Gasteiger partial charge in [-0.05, 0) is 51.7 Å². The van der Waals surface area contributed by atoms with Crippen LogP contribution in [0.25, 0.3) is 0 Å². The molecule has 0 spiro atoms. The van der Waals surface area contributed by atoms with Gasteiger partial charge in [0.1, 0.15) is 0 Å². The van der Waals surface area contributed by atoms with E-state index in [0.717, 1.165) is 12.5 Å². The van der Waals surface area contributed by atoms with E-state index in [-0.39, 0.29) is 0 Å². The Labute approximate surface area is 115 Å². The molecule has 1 heterocycles. The van der Waals surface area contributed by atoms with E-state index < -0.39 is 0 Å². The van der Waals surface area contributed by atoms with E-state index in [9.17, 15) is 0 Å². The van der Waals surface area contributed by atoms with Gasteiger partial charge in [-0.2, -0.15) is 0 Å². The van der Waals surface area contributed by atoms with E-state index in [4.69, 9.17) is 0 Å². The Bertz CT molecular complexity index is 194. The molecule has 0 aliphatic carbocycles. The summed E-state index contributed by atoms with van der Waals surface area (Å²) in [5.74, 6) is 0.870. The number of nitrogens with one attached hydrogen (secondary N) is 1. The first-order valence-electron chi connectivity index (χ1n) is 8.23. The zero-order valence-corrected chi connectivity index (χ0v) is 12.9. The molecule has 0 radical (unpaired) electrons. The van der Waals surface area contributed by atoms with Gasteiger partial charge in [-0.1, -0.05) is 39.5 Å². The van der Waals surface area contributed by atoms with Gasteiger partial charge in [0.05, 0.1) is 0 Å². The first-order chi connectivity index (χ1) is 8.77. The highest BCUT2D eigenvalue weighted by Gasteiger charge is 2.23. The molecule has 0 bridgehead atoms. The van der Waals surface area contributed by atoms with Gasteiger partial charge in [-0.15, -0.1) is 0 Å². The maximum absolute atomic E-state index is 3.59. The zero-order chi connectivity index (χ0) is 13.2. The van der Waals surface area contributed by atoms with Crippen molar-refractivity contribution in [1.82, 2.24) is 10.2 Å². The van der Waals surface area contributed by atoms with Gasteiger partial charge < -0.3 is 10.2 Å². The summed E-state index contributed by atoms with van der Waals surface area (Å²) in [4.78, 5) is 2.70. The minimum atomic E-state index is 0.692. The molecule has 18 heavy (non-hydrogen) atoms. The fraction of sp³-hybridized carbons (Fsp3) is 1.00. The molecule has 1 rings (SSSR count). The van der Waals surface area contributed by atoms with Crippen LogP contribution in [0.2, 0.25) is 0 Å².